The molecular formula is C13H17BrN2. The fourth-order valence-electron chi connectivity index (χ4n) is 2.76. The zero-order valence-corrected chi connectivity index (χ0v) is 11.0. The number of rotatable bonds is 2. The lowest BCUT2D eigenvalue weighted by Crippen LogP contribution is -2.48. The van der Waals surface area contributed by atoms with Gasteiger partial charge in [0.2, 0.25) is 0 Å². The van der Waals surface area contributed by atoms with Crippen molar-refractivity contribution in [2.24, 2.45) is 0 Å². The molecule has 0 radical (unpaired) electrons. The van der Waals surface area contributed by atoms with Gasteiger partial charge in [-0.15, -0.1) is 0 Å². The Labute approximate surface area is 105 Å². The van der Waals surface area contributed by atoms with E-state index in [1.165, 1.54) is 36.0 Å². The minimum absolute atomic E-state index is 0.378. The predicted octanol–water partition coefficient (Wildman–Crippen LogP) is 2.34. The monoisotopic (exact) mass is 280 g/mol. The number of piperazine rings is 1. The van der Waals surface area contributed by atoms with Crippen LogP contribution in [0.5, 0.6) is 0 Å². The molecule has 0 amide bonds. The predicted molar refractivity (Wildman–Crippen MR) is 69.5 cm³/mol. The summed E-state index contributed by atoms with van der Waals surface area (Å²) in [4.78, 5) is 2.66. The van der Waals surface area contributed by atoms with Crippen LogP contribution in [0, 0.1) is 0 Å². The number of nitrogens with one attached hydrogen (secondary N) is 1. The van der Waals surface area contributed by atoms with E-state index in [2.05, 4.69) is 50.4 Å². The molecule has 2 fully saturated rings. The van der Waals surface area contributed by atoms with E-state index in [1.807, 2.05) is 0 Å². The molecule has 2 aliphatic rings. The molecule has 0 spiro atoms. The van der Waals surface area contributed by atoms with Crippen molar-refractivity contribution in [3.8, 4) is 0 Å². The third kappa shape index (κ3) is 1.81. The Morgan fingerprint density at radius 2 is 1.69 bits per heavy atom. The summed E-state index contributed by atoms with van der Waals surface area (Å²) < 4.78 is 1.17. The topological polar surface area (TPSA) is 15.3 Å². The Balaban J connectivity index is 1.84. The fourth-order valence-corrected chi connectivity index (χ4v) is 3.02. The third-order valence-electron chi connectivity index (χ3n) is 3.83. The first-order chi connectivity index (χ1) is 7.81. The van der Waals surface area contributed by atoms with Gasteiger partial charge >= 0.3 is 0 Å². The molecule has 2 nitrogen and oxygen atoms in total. The van der Waals surface area contributed by atoms with Crippen molar-refractivity contribution in [3.05, 3.63) is 34.3 Å². The smallest absolute Gasteiger partial charge is 0.0463 e. The fraction of sp³-hybridized carbons (Fsp3) is 0.538. The molecule has 86 valence electrons. The summed E-state index contributed by atoms with van der Waals surface area (Å²) in [6, 6.07) is 8.88. The van der Waals surface area contributed by atoms with E-state index < -0.39 is 0 Å². The summed E-state index contributed by atoms with van der Waals surface area (Å²) in [5.41, 5.74) is 1.88. The first kappa shape index (κ1) is 10.8. The molecule has 1 aromatic carbocycles. The van der Waals surface area contributed by atoms with E-state index in [0.717, 1.165) is 13.1 Å². The molecule has 1 aliphatic carbocycles. The van der Waals surface area contributed by atoms with Crippen LogP contribution in [-0.4, -0.2) is 31.1 Å². The van der Waals surface area contributed by atoms with Gasteiger partial charge in [-0.05, 0) is 30.5 Å². The highest BCUT2D eigenvalue weighted by Gasteiger charge is 2.49. The van der Waals surface area contributed by atoms with Crippen LogP contribution in [0.25, 0.3) is 0 Å². The van der Waals surface area contributed by atoms with Crippen LogP contribution < -0.4 is 5.32 Å². The molecule has 1 saturated carbocycles. The molecule has 1 heterocycles. The number of hydrogen-bond donors (Lipinski definition) is 1. The van der Waals surface area contributed by atoms with Crippen molar-refractivity contribution < 1.29 is 0 Å². The van der Waals surface area contributed by atoms with Crippen molar-refractivity contribution >= 4 is 15.9 Å². The van der Waals surface area contributed by atoms with E-state index in [1.54, 1.807) is 0 Å². The minimum Gasteiger partial charge on any atom is -0.314 e. The second-order valence-corrected chi connectivity index (χ2v) is 5.69. The van der Waals surface area contributed by atoms with Gasteiger partial charge in [-0.2, -0.15) is 0 Å². The van der Waals surface area contributed by atoms with Gasteiger partial charge in [0.25, 0.3) is 0 Å². The van der Waals surface area contributed by atoms with Gasteiger partial charge in [-0.25, -0.2) is 0 Å². The maximum atomic E-state index is 3.51. The van der Waals surface area contributed by atoms with Crippen LogP contribution in [0.1, 0.15) is 18.4 Å². The SMILES string of the molecule is Brc1ccc(C2(N3CCNCC3)CC2)cc1. The molecule has 16 heavy (non-hydrogen) atoms. The molecule has 0 atom stereocenters. The highest BCUT2D eigenvalue weighted by Crippen LogP contribution is 2.51. The zero-order chi connectivity index (χ0) is 11.0. The summed E-state index contributed by atoms with van der Waals surface area (Å²) in [6.07, 6.45) is 2.66. The van der Waals surface area contributed by atoms with Gasteiger partial charge < -0.3 is 5.32 Å². The summed E-state index contributed by atoms with van der Waals surface area (Å²) in [5, 5.41) is 3.43. The lowest BCUT2D eigenvalue weighted by molar-refractivity contribution is 0.154. The van der Waals surface area contributed by atoms with E-state index in [4.69, 9.17) is 0 Å². The number of nitrogens with zero attached hydrogens (tertiary/aromatic N) is 1. The molecule has 1 N–H and O–H groups in total. The van der Waals surface area contributed by atoms with Gasteiger partial charge in [0.1, 0.15) is 0 Å². The van der Waals surface area contributed by atoms with E-state index in [-0.39, 0.29) is 0 Å². The maximum Gasteiger partial charge on any atom is 0.0463 e. The van der Waals surface area contributed by atoms with Gasteiger partial charge in [-0.1, -0.05) is 28.1 Å². The maximum absolute atomic E-state index is 3.51. The van der Waals surface area contributed by atoms with Gasteiger partial charge in [-0.3, -0.25) is 4.90 Å². The van der Waals surface area contributed by atoms with Crippen LogP contribution in [0.3, 0.4) is 0 Å². The molecule has 0 aromatic heterocycles. The second kappa shape index (κ2) is 4.13. The Kier molecular flexibility index (Phi) is 2.78. The zero-order valence-electron chi connectivity index (χ0n) is 9.38. The van der Waals surface area contributed by atoms with Crippen LogP contribution in [0.15, 0.2) is 28.7 Å². The summed E-state index contributed by atoms with van der Waals surface area (Å²) in [5.74, 6) is 0. The number of hydrogen-bond acceptors (Lipinski definition) is 2. The van der Waals surface area contributed by atoms with E-state index in [9.17, 15) is 0 Å². The second-order valence-electron chi connectivity index (χ2n) is 4.78. The lowest BCUT2D eigenvalue weighted by Gasteiger charge is -2.35. The van der Waals surface area contributed by atoms with Crippen molar-refractivity contribution in [2.45, 2.75) is 18.4 Å². The van der Waals surface area contributed by atoms with Crippen LogP contribution in [-0.2, 0) is 5.54 Å². The van der Waals surface area contributed by atoms with Crippen LogP contribution in [0.2, 0.25) is 0 Å². The first-order valence-electron chi connectivity index (χ1n) is 6.03. The first-order valence-corrected chi connectivity index (χ1v) is 6.82. The lowest BCUT2D eigenvalue weighted by atomic mass is 10.0. The largest absolute Gasteiger partial charge is 0.314 e. The number of benzene rings is 1. The minimum atomic E-state index is 0.378. The molecule has 1 aromatic rings. The molecular weight excluding hydrogens is 264 g/mol. The van der Waals surface area contributed by atoms with Crippen molar-refractivity contribution in [2.75, 3.05) is 26.2 Å². The van der Waals surface area contributed by atoms with E-state index >= 15 is 0 Å². The standard InChI is InChI=1S/C13H17BrN2/c14-12-3-1-11(2-4-12)13(5-6-13)16-9-7-15-8-10-16/h1-4,15H,5-10H2. The summed E-state index contributed by atoms with van der Waals surface area (Å²) in [7, 11) is 0. The quantitative estimate of drug-likeness (QED) is 0.895. The molecule has 0 bridgehead atoms. The molecule has 1 saturated heterocycles. The van der Waals surface area contributed by atoms with Crippen molar-refractivity contribution in [3.63, 3.8) is 0 Å². The average Bonchev–Trinajstić information content (AvgIpc) is 3.13. The van der Waals surface area contributed by atoms with Gasteiger partial charge in [0.15, 0.2) is 0 Å². The van der Waals surface area contributed by atoms with Crippen LogP contribution >= 0.6 is 15.9 Å². The van der Waals surface area contributed by atoms with Gasteiger partial charge in [0.05, 0.1) is 0 Å². The summed E-state index contributed by atoms with van der Waals surface area (Å²) in [6.45, 7) is 4.66. The Hall–Kier alpha value is -0.380. The molecule has 3 rings (SSSR count). The average molecular weight is 281 g/mol. The normalized spacial score (nSPS) is 24.3. The van der Waals surface area contributed by atoms with Crippen LogP contribution in [0.4, 0.5) is 0 Å². The Morgan fingerprint density at radius 1 is 1.06 bits per heavy atom. The summed E-state index contributed by atoms with van der Waals surface area (Å²) >= 11 is 3.51. The molecule has 3 heteroatoms. The van der Waals surface area contributed by atoms with Crippen molar-refractivity contribution in [1.82, 2.24) is 10.2 Å². The highest BCUT2D eigenvalue weighted by molar-refractivity contribution is 9.10. The third-order valence-corrected chi connectivity index (χ3v) is 4.36. The highest BCUT2D eigenvalue weighted by atomic mass is 79.9. The number of halogens is 1. The Morgan fingerprint density at radius 3 is 2.25 bits per heavy atom. The molecule has 0 unspecified atom stereocenters. The Bertz CT molecular complexity index is 364. The molecule has 1 aliphatic heterocycles. The van der Waals surface area contributed by atoms with Crippen molar-refractivity contribution in [1.29, 1.82) is 0 Å². The van der Waals surface area contributed by atoms with Gasteiger partial charge in [0, 0.05) is 36.2 Å². The van der Waals surface area contributed by atoms with E-state index in [0.29, 0.717) is 5.54 Å².